The van der Waals surface area contributed by atoms with Gasteiger partial charge in [-0.05, 0) is 81.5 Å². The minimum Gasteiger partial charge on any atom is -0.486 e. The van der Waals surface area contributed by atoms with E-state index in [-0.39, 0.29) is 22.9 Å². The molecule has 4 amide bonds. The zero-order valence-electron chi connectivity index (χ0n) is 19.4. The van der Waals surface area contributed by atoms with Crippen LogP contribution in [0.15, 0.2) is 70.7 Å². The molecule has 9 nitrogen and oxygen atoms in total. The van der Waals surface area contributed by atoms with Crippen LogP contribution >= 0.6 is 27.5 Å². The van der Waals surface area contributed by atoms with Crippen molar-refractivity contribution in [2.75, 3.05) is 4.90 Å². The Balaban J connectivity index is 1.56. The molecule has 3 aromatic rings. The van der Waals surface area contributed by atoms with Crippen LogP contribution in [0.3, 0.4) is 0 Å². The van der Waals surface area contributed by atoms with E-state index < -0.39 is 22.8 Å². The summed E-state index contributed by atoms with van der Waals surface area (Å²) in [6.45, 7) is 2.09. The van der Waals surface area contributed by atoms with Crippen molar-refractivity contribution in [1.29, 1.82) is 0 Å². The highest BCUT2D eigenvalue weighted by molar-refractivity contribution is 9.10. The van der Waals surface area contributed by atoms with Gasteiger partial charge >= 0.3 is 6.03 Å². The summed E-state index contributed by atoms with van der Waals surface area (Å²) >= 11 is 9.80. The Kier molecular flexibility index (Phi) is 7.70. The number of hydrogen-bond acceptors (Lipinski definition) is 6. The van der Waals surface area contributed by atoms with Crippen LogP contribution < -0.4 is 15.0 Å². The Labute approximate surface area is 225 Å². The highest BCUT2D eigenvalue weighted by Gasteiger charge is 2.36. The highest BCUT2D eigenvalue weighted by Crippen LogP contribution is 2.36. The predicted octanol–water partition coefficient (Wildman–Crippen LogP) is 5.82. The molecule has 1 saturated heterocycles. The molecule has 0 aliphatic carbocycles. The van der Waals surface area contributed by atoms with Crippen molar-refractivity contribution in [3.05, 3.63) is 103 Å². The number of nitrogens with zero attached hydrogens (tertiary/aromatic N) is 2. The zero-order valence-corrected chi connectivity index (χ0v) is 21.7. The number of aryl methyl sites for hydroxylation is 1. The molecule has 1 fully saturated rings. The van der Waals surface area contributed by atoms with Gasteiger partial charge in [0.05, 0.1) is 20.1 Å². The maximum Gasteiger partial charge on any atom is 0.335 e. The molecule has 1 aliphatic heterocycles. The van der Waals surface area contributed by atoms with Crippen LogP contribution in [0.4, 0.5) is 16.2 Å². The summed E-state index contributed by atoms with van der Waals surface area (Å²) in [7, 11) is 0. The summed E-state index contributed by atoms with van der Waals surface area (Å²) in [6.07, 6.45) is 2.14. The minimum atomic E-state index is -0.828. The number of non-ortho nitro benzene ring substituents is 1. The summed E-state index contributed by atoms with van der Waals surface area (Å²) in [5.74, 6) is -1.26. The van der Waals surface area contributed by atoms with E-state index in [2.05, 4.69) is 21.2 Å². The van der Waals surface area contributed by atoms with Crippen molar-refractivity contribution >= 4 is 62.8 Å². The van der Waals surface area contributed by atoms with Gasteiger partial charge in [0.2, 0.25) is 0 Å². The number of halogens is 2. The number of nitrogens with one attached hydrogen (secondary N) is 1. The molecule has 37 heavy (non-hydrogen) atoms. The van der Waals surface area contributed by atoms with Gasteiger partial charge in [-0.2, -0.15) is 0 Å². The van der Waals surface area contributed by atoms with Gasteiger partial charge in [0.1, 0.15) is 12.2 Å². The lowest BCUT2D eigenvalue weighted by Crippen LogP contribution is -2.54. The Bertz CT molecular complexity index is 1410. The number of carbonyl (C=O) groups excluding carboxylic acids is 3. The number of benzene rings is 3. The molecule has 1 N–H and O–H groups in total. The lowest BCUT2D eigenvalue weighted by Gasteiger charge is -2.26. The SMILES string of the molecule is CCc1ccc(N2C(=O)NC(=O)/C(=C/c3cc(Cl)c(OCc4ccc([N+](=O)[O-])cc4)c(Br)c3)C2=O)cc1. The van der Waals surface area contributed by atoms with Crippen molar-refractivity contribution in [3.63, 3.8) is 0 Å². The number of rotatable bonds is 7. The molecule has 0 atom stereocenters. The molecular weight excluding hydrogens is 566 g/mol. The highest BCUT2D eigenvalue weighted by atomic mass is 79.9. The van der Waals surface area contributed by atoms with E-state index in [1.807, 2.05) is 19.1 Å². The third kappa shape index (κ3) is 5.71. The van der Waals surface area contributed by atoms with Gasteiger partial charge in [-0.3, -0.25) is 25.0 Å². The quantitative estimate of drug-likeness (QED) is 0.162. The second-order valence-corrected chi connectivity index (χ2v) is 9.27. The number of barbiturate groups is 1. The lowest BCUT2D eigenvalue weighted by molar-refractivity contribution is -0.384. The van der Waals surface area contributed by atoms with Gasteiger partial charge in [-0.25, -0.2) is 9.69 Å². The fraction of sp³-hybridized carbons (Fsp3) is 0.115. The first kappa shape index (κ1) is 26.1. The van der Waals surface area contributed by atoms with E-state index in [0.29, 0.717) is 27.0 Å². The van der Waals surface area contributed by atoms with Gasteiger partial charge in [-0.1, -0.05) is 30.7 Å². The zero-order chi connectivity index (χ0) is 26.7. The van der Waals surface area contributed by atoms with E-state index in [0.717, 1.165) is 16.9 Å². The Hall–Kier alpha value is -4.02. The van der Waals surface area contributed by atoms with E-state index in [1.54, 1.807) is 30.3 Å². The fourth-order valence-electron chi connectivity index (χ4n) is 3.61. The molecule has 0 aromatic heterocycles. The average Bonchev–Trinajstić information content (AvgIpc) is 2.86. The van der Waals surface area contributed by atoms with Crippen LogP contribution in [0.2, 0.25) is 5.02 Å². The Morgan fingerprint density at radius 3 is 2.30 bits per heavy atom. The average molecular weight is 585 g/mol. The van der Waals surface area contributed by atoms with Crippen molar-refractivity contribution < 1.29 is 24.0 Å². The van der Waals surface area contributed by atoms with Crippen LogP contribution in [-0.2, 0) is 22.6 Å². The number of nitro benzene ring substituents is 1. The number of hydrogen-bond donors (Lipinski definition) is 1. The second-order valence-electron chi connectivity index (χ2n) is 8.00. The molecule has 1 aliphatic rings. The summed E-state index contributed by atoms with van der Waals surface area (Å²) < 4.78 is 6.24. The summed E-state index contributed by atoms with van der Waals surface area (Å²) in [4.78, 5) is 49.3. The smallest absolute Gasteiger partial charge is 0.335 e. The summed E-state index contributed by atoms with van der Waals surface area (Å²) in [5, 5.41) is 13.2. The molecule has 0 spiro atoms. The van der Waals surface area contributed by atoms with Crippen molar-refractivity contribution in [2.45, 2.75) is 20.0 Å². The van der Waals surface area contributed by atoms with Gasteiger partial charge in [0, 0.05) is 12.1 Å². The normalized spacial score (nSPS) is 14.6. The number of urea groups is 1. The van der Waals surface area contributed by atoms with Crippen LogP contribution in [0.5, 0.6) is 5.75 Å². The molecule has 0 bridgehead atoms. The molecule has 4 rings (SSSR count). The maximum absolute atomic E-state index is 13.1. The van der Waals surface area contributed by atoms with Crippen LogP contribution in [0.25, 0.3) is 6.08 Å². The van der Waals surface area contributed by atoms with Gasteiger partial charge in [-0.15, -0.1) is 0 Å². The van der Waals surface area contributed by atoms with E-state index >= 15 is 0 Å². The molecule has 11 heteroatoms. The number of nitro groups is 1. The number of carbonyl (C=O) groups is 3. The molecule has 1 heterocycles. The predicted molar refractivity (Wildman–Crippen MR) is 141 cm³/mol. The fourth-order valence-corrected chi connectivity index (χ4v) is 4.60. The first-order chi connectivity index (χ1) is 17.7. The Morgan fingerprint density at radius 1 is 1.05 bits per heavy atom. The van der Waals surface area contributed by atoms with E-state index in [9.17, 15) is 24.5 Å². The van der Waals surface area contributed by atoms with Crippen molar-refractivity contribution in [2.24, 2.45) is 0 Å². The summed E-state index contributed by atoms with van der Waals surface area (Å²) in [6, 6.07) is 15.1. The number of ether oxygens (including phenoxy) is 1. The minimum absolute atomic E-state index is 0.0279. The maximum atomic E-state index is 13.1. The molecule has 0 radical (unpaired) electrons. The van der Waals surface area contributed by atoms with Crippen LogP contribution in [0.1, 0.15) is 23.6 Å². The topological polar surface area (TPSA) is 119 Å². The van der Waals surface area contributed by atoms with E-state index in [4.69, 9.17) is 16.3 Å². The van der Waals surface area contributed by atoms with Gasteiger partial charge in [0.15, 0.2) is 5.75 Å². The van der Waals surface area contributed by atoms with Gasteiger partial charge < -0.3 is 4.74 Å². The third-order valence-electron chi connectivity index (χ3n) is 5.57. The first-order valence-corrected chi connectivity index (χ1v) is 12.2. The van der Waals surface area contributed by atoms with Gasteiger partial charge in [0.25, 0.3) is 17.5 Å². The van der Waals surface area contributed by atoms with E-state index in [1.165, 1.54) is 24.3 Å². The monoisotopic (exact) mass is 583 g/mol. The van der Waals surface area contributed by atoms with Crippen molar-refractivity contribution in [3.8, 4) is 5.75 Å². The third-order valence-corrected chi connectivity index (χ3v) is 6.44. The standard InChI is InChI=1S/C26H19BrClN3O6/c1-2-15-3-7-18(8-4-15)30-25(33)20(24(32)29-26(30)34)11-17-12-21(27)23(22(28)13-17)37-14-16-5-9-19(10-6-16)31(35)36/h3-13H,2,14H2,1H3,(H,29,32,34)/b20-11-. The van der Waals surface area contributed by atoms with Crippen molar-refractivity contribution in [1.82, 2.24) is 5.32 Å². The summed E-state index contributed by atoms with van der Waals surface area (Å²) in [5.41, 5.74) is 2.24. The molecule has 0 unspecified atom stereocenters. The lowest BCUT2D eigenvalue weighted by atomic mass is 10.1. The number of amides is 4. The molecule has 0 saturated carbocycles. The molecule has 188 valence electrons. The molecular formula is C26H19BrClN3O6. The van der Waals surface area contributed by atoms with Crippen LogP contribution in [-0.4, -0.2) is 22.8 Å². The Morgan fingerprint density at radius 2 is 1.70 bits per heavy atom. The van der Waals surface area contributed by atoms with Crippen LogP contribution in [0, 0.1) is 10.1 Å². The number of anilines is 1. The molecule has 3 aromatic carbocycles. The first-order valence-electron chi connectivity index (χ1n) is 11.0. The largest absolute Gasteiger partial charge is 0.486 e. The number of imide groups is 2. The second kappa shape index (κ2) is 10.9.